The first kappa shape index (κ1) is 12.6. The second-order valence-corrected chi connectivity index (χ2v) is 3.87. The molecule has 1 heterocycles. The molecule has 16 heavy (non-hydrogen) atoms. The zero-order valence-corrected chi connectivity index (χ0v) is 10.1. The number of aromatic nitrogens is 1. The average molecular weight is 242 g/mol. The molecule has 0 saturated carbocycles. The second-order valence-electron chi connectivity index (χ2n) is 3.01. The molecule has 1 rings (SSSR count). The van der Waals surface area contributed by atoms with Crippen LogP contribution in [-0.4, -0.2) is 30.0 Å². The molecule has 0 aromatic carbocycles. The van der Waals surface area contributed by atoms with E-state index in [2.05, 4.69) is 10.3 Å². The predicted molar refractivity (Wildman–Crippen MR) is 60.7 cm³/mol. The van der Waals surface area contributed by atoms with E-state index in [4.69, 9.17) is 4.74 Å². The summed E-state index contributed by atoms with van der Waals surface area (Å²) >= 11 is 1.11. The van der Waals surface area contributed by atoms with Crippen molar-refractivity contribution in [2.24, 2.45) is 0 Å². The van der Waals surface area contributed by atoms with Gasteiger partial charge >= 0.3 is 5.97 Å². The van der Waals surface area contributed by atoms with Crippen molar-refractivity contribution < 1.29 is 14.3 Å². The van der Waals surface area contributed by atoms with Gasteiger partial charge in [-0.25, -0.2) is 9.78 Å². The zero-order valence-electron chi connectivity index (χ0n) is 9.28. The van der Waals surface area contributed by atoms with E-state index >= 15 is 0 Å². The Bertz CT molecular complexity index is 376. The molecular formula is C10H14N2O3S. The monoisotopic (exact) mass is 242 g/mol. The van der Waals surface area contributed by atoms with Crippen LogP contribution in [-0.2, 0) is 4.74 Å². The van der Waals surface area contributed by atoms with E-state index in [1.54, 1.807) is 12.3 Å². The van der Waals surface area contributed by atoms with Crippen molar-refractivity contribution in [2.75, 3.05) is 13.2 Å². The molecular weight excluding hydrogens is 228 g/mol. The third kappa shape index (κ3) is 3.30. The first-order valence-electron chi connectivity index (χ1n) is 5.09. The Hall–Kier alpha value is -1.43. The van der Waals surface area contributed by atoms with E-state index in [0.29, 0.717) is 13.2 Å². The number of amides is 1. The highest BCUT2D eigenvalue weighted by Crippen LogP contribution is 2.10. The summed E-state index contributed by atoms with van der Waals surface area (Å²) in [7, 11) is 0. The summed E-state index contributed by atoms with van der Waals surface area (Å²) in [5.41, 5.74) is 0.265. The van der Waals surface area contributed by atoms with Crippen LogP contribution in [0.15, 0.2) is 5.38 Å². The molecule has 0 radical (unpaired) electrons. The molecule has 1 amide bonds. The fourth-order valence-electron chi connectivity index (χ4n) is 0.994. The summed E-state index contributed by atoms with van der Waals surface area (Å²) in [5.74, 6) is -0.740. The van der Waals surface area contributed by atoms with E-state index in [0.717, 1.165) is 17.8 Å². The largest absolute Gasteiger partial charge is 0.461 e. The first-order valence-corrected chi connectivity index (χ1v) is 5.97. The van der Waals surface area contributed by atoms with Gasteiger partial charge in [0.05, 0.1) is 6.61 Å². The molecule has 0 aliphatic carbocycles. The van der Waals surface area contributed by atoms with Crippen LogP contribution in [0.3, 0.4) is 0 Å². The molecule has 0 atom stereocenters. The highest BCUT2D eigenvalue weighted by Gasteiger charge is 2.15. The lowest BCUT2D eigenvalue weighted by molar-refractivity contribution is 0.0526. The molecule has 1 aromatic heterocycles. The number of hydrogen-bond acceptors (Lipinski definition) is 5. The molecule has 0 saturated heterocycles. The molecule has 0 aliphatic rings. The van der Waals surface area contributed by atoms with Crippen LogP contribution in [0.4, 0.5) is 0 Å². The minimum atomic E-state index is -0.484. The lowest BCUT2D eigenvalue weighted by Gasteiger charge is -1.99. The van der Waals surface area contributed by atoms with Crippen LogP contribution in [0.5, 0.6) is 0 Å². The van der Waals surface area contributed by atoms with Crippen LogP contribution < -0.4 is 5.32 Å². The predicted octanol–water partition coefficient (Wildman–Crippen LogP) is 1.46. The number of carbonyl (C=O) groups excluding carboxylic acids is 2. The molecule has 5 nitrogen and oxygen atoms in total. The quantitative estimate of drug-likeness (QED) is 0.794. The summed E-state index contributed by atoms with van der Waals surface area (Å²) in [4.78, 5) is 26.7. The molecule has 0 spiro atoms. The highest BCUT2D eigenvalue weighted by atomic mass is 32.1. The Balaban J connectivity index is 2.63. The average Bonchev–Trinajstić information content (AvgIpc) is 2.75. The molecule has 88 valence electrons. The Labute approximate surface area is 97.8 Å². The fraction of sp³-hybridized carbons (Fsp3) is 0.500. The summed E-state index contributed by atoms with van der Waals surface area (Å²) in [6.07, 6.45) is 0.862. The number of nitrogens with zero attached hydrogens (tertiary/aromatic N) is 1. The van der Waals surface area contributed by atoms with E-state index in [1.807, 2.05) is 6.92 Å². The zero-order chi connectivity index (χ0) is 12.0. The SMILES string of the molecule is CCCNC(=O)c1csc(C(=O)OCC)n1. The molecule has 0 unspecified atom stereocenters. The minimum absolute atomic E-state index is 0.212. The first-order chi connectivity index (χ1) is 7.69. The number of ether oxygens (including phenoxy) is 1. The molecule has 0 fully saturated rings. The number of rotatable bonds is 5. The van der Waals surface area contributed by atoms with Crippen molar-refractivity contribution in [1.29, 1.82) is 0 Å². The van der Waals surface area contributed by atoms with Crippen molar-refractivity contribution in [3.05, 3.63) is 16.1 Å². The molecule has 6 heteroatoms. The lowest BCUT2D eigenvalue weighted by atomic mass is 10.4. The third-order valence-electron chi connectivity index (χ3n) is 1.72. The summed E-state index contributed by atoms with van der Waals surface area (Å²) in [6, 6.07) is 0. The van der Waals surface area contributed by atoms with Gasteiger partial charge in [0.1, 0.15) is 5.69 Å². The van der Waals surface area contributed by atoms with Crippen LogP contribution in [0.25, 0.3) is 0 Å². The second kappa shape index (κ2) is 6.22. The van der Waals surface area contributed by atoms with Gasteiger partial charge in [0.25, 0.3) is 5.91 Å². The summed E-state index contributed by atoms with van der Waals surface area (Å²) in [5, 5.41) is 4.45. The van der Waals surface area contributed by atoms with Gasteiger partial charge in [-0.3, -0.25) is 4.79 Å². The maximum absolute atomic E-state index is 11.5. The number of nitrogens with one attached hydrogen (secondary N) is 1. The van der Waals surface area contributed by atoms with E-state index in [-0.39, 0.29) is 16.6 Å². The summed E-state index contributed by atoms with van der Waals surface area (Å²) < 4.78 is 4.78. The van der Waals surface area contributed by atoms with Crippen LogP contribution in [0.2, 0.25) is 0 Å². The van der Waals surface area contributed by atoms with Gasteiger partial charge in [-0.05, 0) is 13.3 Å². The van der Waals surface area contributed by atoms with E-state index in [1.165, 1.54) is 0 Å². The fourth-order valence-corrected chi connectivity index (χ4v) is 1.68. The van der Waals surface area contributed by atoms with Gasteiger partial charge in [0.2, 0.25) is 5.01 Å². The van der Waals surface area contributed by atoms with Crippen molar-refractivity contribution in [3.63, 3.8) is 0 Å². The van der Waals surface area contributed by atoms with Crippen LogP contribution >= 0.6 is 11.3 Å². The van der Waals surface area contributed by atoms with E-state index in [9.17, 15) is 9.59 Å². The Morgan fingerprint density at radius 2 is 2.25 bits per heavy atom. The number of thiazole rings is 1. The number of hydrogen-bond donors (Lipinski definition) is 1. The Morgan fingerprint density at radius 3 is 2.88 bits per heavy atom. The van der Waals surface area contributed by atoms with Gasteiger partial charge in [0, 0.05) is 11.9 Å². The van der Waals surface area contributed by atoms with Crippen molar-refractivity contribution >= 4 is 23.2 Å². The van der Waals surface area contributed by atoms with Gasteiger partial charge in [-0.1, -0.05) is 6.92 Å². The normalized spacial score (nSPS) is 9.88. The van der Waals surface area contributed by atoms with Crippen molar-refractivity contribution in [2.45, 2.75) is 20.3 Å². The number of esters is 1. The van der Waals surface area contributed by atoms with Gasteiger partial charge in [0.15, 0.2) is 0 Å². The van der Waals surface area contributed by atoms with Crippen molar-refractivity contribution in [1.82, 2.24) is 10.3 Å². The molecule has 0 aliphatic heterocycles. The van der Waals surface area contributed by atoms with Crippen molar-refractivity contribution in [3.8, 4) is 0 Å². The summed E-state index contributed by atoms with van der Waals surface area (Å²) in [6.45, 7) is 4.59. The maximum Gasteiger partial charge on any atom is 0.367 e. The third-order valence-corrected chi connectivity index (χ3v) is 2.54. The van der Waals surface area contributed by atoms with Crippen LogP contribution in [0.1, 0.15) is 40.6 Å². The minimum Gasteiger partial charge on any atom is -0.461 e. The Morgan fingerprint density at radius 1 is 1.50 bits per heavy atom. The Kier molecular flexibility index (Phi) is 4.91. The lowest BCUT2D eigenvalue weighted by Crippen LogP contribution is -2.24. The topological polar surface area (TPSA) is 68.3 Å². The van der Waals surface area contributed by atoms with Gasteiger partial charge in [-0.15, -0.1) is 11.3 Å². The molecule has 1 aromatic rings. The molecule has 0 bridgehead atoms. The smallest absolute Gasteiger partial charge is 0.367 e. The van der Waals surface area contributed by atoms with Crippen LogP contribution in [0, 0.1) is 0 Å². The highest BCUT2D eigenvalue weighted by molar-refractivity contribution is 7.11. The van der Waals surface area contributed by atoms with Gasteiger partial charge in [-0.2, -0.15) is 0 Å². The maximum atomic E-state index is 11.5. The number of carbonyl (C=O) groups is 2. The standard InChI is InChI=1S/C10H14N2O3S/c1-3-5-11-8(13)7-6-16-9(12-7)10(14)15-4-2/h6H,3-5H2,1-2H3,(H,11,13). The van der Waals surface area contributed by atoms with E-state index < -0.39 is 5.97 Å². The molecule has 1 N–H and O–H groups in total. The van der Waals surface area contributed by atoms with Gasteiger partial charge < -0.3 is 10.1 Å².